The number of piperidine rings is 1. The molecule has 0 spiro atoms. The van der Waals surface area contributed by atoms with Gasteiger partial charge in [-0.25, -0.2) is 4.98 Å². The van der Waals surface area contributed by atoms with Crippen LogP contribution in [0.25, 0.3) is 10.9 Å². The van der Waals surface area contributed by atoms with E-state index in [9.17, 15) is 9.59 Å². The summed E-state index contributed by atoms with van der Waals surface area (Å²) in [6, 6.07) is 7.26. The number of likely N-dealkylation sites (tertiary alicyclic amines) is 1. The highest BCUT2D eigenvalue weighted by Crippen LogP contribution is 2.16. The molecule has 116 valence electrons. The molecule has 1 aliphatic heterocycles. The zero-order valence-corrected chi connectivity index (χ0v) is 13.1. The topological polar surface area (TPSA) is 55.2 Å². The SMILES string of the molecule is Cc1nc2ccccc2c(=O)n1CC(=O)N1CCC[C@H](C)C1. The van der Waals surface area contributed by atoms with Crippen molar-refractivity contribution in [2.75, 3.05) is 13.1 Å². The van der Waals surface area contributed by atoms with E-state index >= 15 is 0 Å². The van der Waals surface area contributed by atoms with Gasteiger partial charge in [-0.1, -0.05) is 19.1 Å². The van der Waals surface area contributed by atoms with Crippen LogP contribution < -0.4 is 5.56 Å². The fourth-order valence-electron chi connectivity index (χ4n) is 3.12. The van der Waals surface area contributed by atoms with Gasteiger partial charge in [-0.3, -0.25) is 14.2 Å². The second-order valence-corrected chi connectivity index (χ2v) is 6.15. The predicted octanol–water partition coefficient (Wildman–Crippen LogP) is 1.96. The lowest BCUT2D eigenvalue weighted by Crippen LogP contribution is -2.42. The standard InChI is InChI=1S/C17H21N3O2/c1-12-6-5-9-19(10-12)16(21)11-20-13(2)18-15-8-4-3-7-14(15)17(20)22/h3-4,7-8,12H,5-6,9-11H2,1-2H3/t12-/m0/s1. The molecule has 0 radical (unpaired) electrons. The first kappa shape index (κ1) is 14.8. The summed E-state index contributed by atoms with van der Waals surface area (Å²) < 4.78 is 1.49. The van der Waals surface area contributed by atoms with E-state index in [0.29, 0.717) is 22.6 Å². The lowest BCUT2D eigenvalue weighted by molar-refractivity contribution is -0.133. The molecule has 3 rings (SSSR count). The molecule has 0 saturated carbocycles. The van der Waals surface area contributed by atoms with Crippen LogP contribution in [0, 0.1) is 12.8 Å². The first-order valence-electron chi connectivity index (χ1n) is 7.80. The van der Waals surface area contributed by atoms with E-state index < -0.39 is 0 Å². The highest BCUT2D eigenvalue weighted by molar-refractivity contribution is 5.79. The molecule has 1 saturated heterocycles. The van der Waals surface area contributed by atoms with Crippen molar-refractivity contribution in [2.24, 2.45) is 5.92 Å². The van der Waals surface area contributed by atoms with Gasteiger partial charge in [-0.15, -0.1) is 0 Å². The minimum atomic E-state index is -0.137. The zero-order valence-electron chi connectivity index (χ0n) is 13.1. The van der Waals surface area contributed by atoms with Crippen molar-refractivity contribution in [1.29, 1.82) is 0 Å². The number of hydrogen-bond acceptors (Lipinski definition) is 3. The Balaban J connectivity index is 1.90. The average molecular weight is 299 g/mol. The van der Waals surface area contributed by atoms with Crippen molar-refractivity contribution in [3.8, 4) is 0 Å². The summed E-state index contributed by atoms with van der Waals surface area (Å²) >= 11 is 0. The molecule has 1 fully saturated rings. The maximum atomic E-state index is 12.6. The predicted molar refractivity (Wildman–Crippen MR) is 85.7 cm³/mol. The fraction of sp³-hybridized carbons (Fsp3) is 0.471. The zero-order chi connectivity index (χ0) is 15.7. The highest BCUT2D eigenvalue weighted by atomic mass is 16.2. The lowest BCUT2D eigenvalue weighted by atomic mass is 10.0. The van der Waals surface area contributed by atoms with Gasteiger partial charge in [0.05, 0.1) is 10.9 Å². The normalized spacial score (nSPS) is 18.6. The number of carbonyl (C=O) groups is 1. The summed E-state index contributed by atoms with van der Waals surface area (Å²) in [5.74, 6) is 1.13. The number of aryl methyl sites for hydroxylation is 1. The van der Waals surface area contributed by atoms with Crippen LogP contribution in [-0.4, -0.2) is 33.4 Å². The lowest BCUT2D eigenvalue weighted by Gasteiger charge is -2.31. The van der Waals surface area contributed by atoms with Crippen LogP contribution in [0.4, 0.5) is 0 Å². The fourth-order valence-corrected chi connectivity index (χ4v) is 3.12. The molecule has 0 unspecified atom stereocenters. The molecule has 0 aliphatic carbocycles. The first-order chi connectivity index (χ1) is 10.6. The van der Waals surface area contributed by atoms with Crippen LogP contribution >= 0.6 is 0 Å². The maximum Gasteiger partial charge on any atom is 0.261 e. The van der Waals surface area contributed by atoms with Crippen LogP contribution in [0.1, 0.15) is 25.6 Å². The van der Waals surface area contributed by atoms with E-state index in [1.54, 1.807) is 13.0 Å². The van der Waals surface area contributed by atoms with Crippen molar-refractivity contribution in [2.45, 2.75) is 33.2 Å². The summed E-state index contributed by atoms with van der Waals surface area (Å²) in [7, 11) is 0. The Labute approximate surface area is 129 Å². The minimum absolute atomic E-state index is 0.00818. The Kier molecular flexibility index (Phi) is 3.96. The number of para-hydroxylation sites is 1. The Morgan fingerprint density at radius 3 is 2.91 bits per heavy atom. The van der Waals surface area contributed by atoms with Crippen molar-refractivity contribution in [3.05, 3.63) is 40.4 Å². The van der Waals surface area contributed by atoms with Gasteiger partial charge >= 0.3 is 0 Å². The number of aromatic nitrogens is 2. The number of amides is 1. The molecule has 1 amide bonds. The van der Waals surface area contributed by atoms with Crippen LogP contribution in [0.2, 0.25) is 0 Å². The molecule has 5 heteroatoms. The number of benzene rings is 1. The smallest absolute Gasteiger partial charge is 0.261 e. The van der Waals surface area contributed by atoms with Crippen molar-refractivity contribution in [1.82, 2.24) is 14.5 Å². The molecule has 1 aromatic heterocycles. The summed E-state index contributed by atoms with van der Waals surface area (Å²) in [5, 5.41) is 0.563. The van der Waals surface area contributed by atoms with Gasteiger partial charge in [0.25, 0.3) is 5.56 Å². The third-order valence-corrected chi connectivity index (χ3v) is 4.36. The monoisotopic (exact) mass is 299 g/mol. The molecule has 0 bridgehead atoms. The molecule has 0 N–H and O–H groups in total. The van der Waals surface area contributed by atoms with Gasteiger partial charge in [0.2, 0.25) is 5.91 Å². The Hall–Kier alpha value is -2.17. The van der Waals surface area contributed by atoms with E-state index in [4.69, 9.17) is 0 Å². The second-order valence-electron chi connectivity index (χ2n) is 6.15. The van der Waals surface area contributed by atoms with E-state index in [-0.39, 0.29) is 18.0 Å². The third kappa shape index (κ3) is 2.75. The van der Waals surface area contributed by atoms with Gasteiger partial charge in [0.1, 0.15) is 12.4 Å². The van der Waals surface area contributed by atoms with Gasteiger partial charge in [0, 0.05) is 13.1 Å². The van der Waals surface area contributed by atoms with Crippen LogP contribution in [-0.2, 0) is 11.3 Å². The summed E-state index contributed by atoms with van der Waals surface area (Å²) in [4.78, 5) is 31.4. The van der Waals surface area contributed by atoms with Gasteiger partial charge in [-0.2, -0.15) is 0 Å². The van der Waals surface area contributed by atoms with Crippen molar-refractivity contribution in [3.63, 3.8) is 0 Å². The van der Waals surface area contributed by atoms with E-state index in [1.165, 1.54) is 11.0 Å². The van der Waals surface area contributed by atoms with Gasteiger partial charge in [0.15, 0.2) is 0 Å². The van der Waals surface area contributed by atoms with Crippen molar-refractivity contribution < 1.29 is 4.79 Å². The molecular weight excluding hydrogens is 278 g/mol. The Bertz CT molecular complexity index is 766. The minimum Gasteiger partial charge on any atom is -0.341 e. The van der Waals surface area contributed by atoms with Crippen molar-refractivity contribution >= 4 is 16.8 Å². The summed E-state index contributed by atoms with van der Waals surface area (Å²) in [5.41, 5.74) is 0.543. The number of carbonyl (C=O) groups excluding carboxylic acids is 1. The number of rotatable bonds is 2. The Morgan fingerprint density at radius 1 is 1.36 bits per heavy atom. The largest absolute Gasteiger partial charge is 0.341 e. The Morgan fingerprint density at radius 2 is 2.14 bits per heavy atom. The third-order valence-electron chi connectivity index (χ3n) is 4.36. The summed E-state index contributed by atoms with van der Waals surface area (Å²) in [6.07, 6.45) is 2.21. The van der Waals surface area contributed by atoms with Crippen LogP contribution in [0.3, 0.4) is 0 Å². The molecule has 1 aliphatic rings. The number of fused-ring (bicyclic) bond motifs is 1. The van der Waals surface area contributed by atoms with Crippen LogP contribution in [0.15, 0.2) is 29.1 Å². The number of hydrogen-bond donors (Lipinski definition) is 0. The maximum absolute atomic E-state index is 12.6. The molecular formula is C17H21N3O2. The molecule has 5 nitrogen and oxygen atoms in total. The van der Waals surface area contributed by atoms with Gasteiger partial charge < -0.3 is 4.90 Å². The van der Waals surface area contributed by atoms with E-state index in [1.807, 2.05) is 23.1 Å². The number of nitrogens with zero attached hydrogens (tertiary/aromatic N) is 3. The molecule has 2 aromatic rings. The quantitative estimate of drug-likeness (QED) is 0.852. The molecule has 1 atom stereocenters. The van der Waals surface area contributed by atoms with E-state index in [2.05, 4.69) is 11.9 Å². The van der Waals surface area contributed by atoms with Crippen LogP contribution in [0.5, 0.6) is 0 Å². The molecule has 22 heavy (non-hydrogen) atoms. The van der Waals surface area contributed by atoms with Gasteiger partial charge in [-0.05, 0) is 37.8 Å². The first-order valence-corrected chi connectivity index (χ1v) is 7.80. The molecule has 1 aromatic carbocycles. The van der Waals surface area contributed by atoms with E-state index in [0.717, 1.165) is 19.5 Å². The average Bonchev–Trinajstić information content (AvgIpc) is 2.51. The highest BCUT2D eigenvalue weighted by Gasteiger charge is 2.22. The molecule has 2 heterocycles. The summed E-state index contributed by atoms with van der Waals surface area (Å²) in [6.45, 7) is 5.59. The second kappa shape index (κ2) is 5.91.